The van der Waals surface area contributed by atoms with E-state index in [-0.39, 0.29) is 5.91 Å². The van der Waals surface area contributed by atoms with Crippen LogP contribution in [0.3, 0.4) is 0 Å². The fourth-order valence-electron chi connectivity index (χ4n) is 2.99. The number of anilines is 1. The fourth-order valence-corrected chi connectivity index (χ4v) is 2.99. The number of aromatic nitrogens is 1. The van der Waals surface area contributed by atoms with Crippen LogP contribution in [0.2, 0.25) is 0 Å². The molecule has 2 aromatic rings. The maximum Gasteiger partial charge on any atom is 0.417 e. The second-order valence-electron chi connectivity index (χ2n) is 6.30. The Balaban J connectivity index is 1.39. The highest BCUT2D eigenvalue weighted by molar-refractivity contribution is 5.94. The summed E-state index contributed by atoms with van der Waals surface area (Å²) in [7, 11) is 0. The molecule has 1 aliphatic carbocycles. The van der Waals surface area contributed by atoms with Crippen LogP contribution in [0, 0.1) is 0 Å². The fraction of sp³-hybridized carbons (Fsp3) is 0.368. The number of fused-ring (bicyclic) bond motifs is 1. The zero-order valence-electron chi connectivity index (χ0n) is 14.2. The maximum absolute atomic E-state index is 12.5. The summed E-state index contributed by atoms with van der Waals surface area (Å²) in [6.07, 6.45) is 0.316. The molecule has 138 valence electrons. The van der Waals surface area contributed by atoms with E-state index in [0.29, 0.717) is 30.9 Å². The van der Waals surface area contributed by atoms with E-state index in [2.05, 4.69) is 15.6 Å². The summed E-state index contributed by atoms with van der Waals surface area (Å²) in [5, 5.41) is 5.80. The van der Waals surface area contributed by atoms with Crippen LogP contribution in [0.1, 0.15) is 39.9 Å². The molecule has 0 spiro atoms. The molecule has 2 N–H and O–H groups in total. The van der Waals surface area contributed by atoms with E-state index in [1.54, 1.807) is 0 Å². The lowest BCUT2D eigenvalue weighted by Crippen LogP contribution is -2.26. The van der Waals surface area contributed by atoms with Gasteiger partial charge in [-0.1, -0.05) is 6.07 Å². The lowest BCUT2D eigenvalue weighted by molar-refractivity contribution is -0.137. The van der Waals surface area contributed by atoms with Gasteiger partial charge in [-0.3, -0.25) is 4.79 Å². The average molecular weight is 363 g/mol. The van der Waals surface area contributed by atoms with Crippen LogP contribution in [-0.4, -0.2) is 24.0 Å². The Bertz CT molecular complexity index is 773. The Morgan fingerprint density at radius 2 is 1.88 bits per heavy atom. The van der Waals surface area contributed by atoms with Gasteiger partial charge in [0.2, 0.25) is 0 Å². The number of amides is 1. The van der Waals surface area contributed by atoms with E-state index in [1.165, 1.54) is 17.2 Å². The van der Waals surface area contributed by atoms with Gasteiger partial charge in [0, 0.05) is 24.8 Å². The molecule has 1 amide bonds. The molecule has 0 atom stereocenters. The van der Waals surface area contributed by atoms with E-state index in [9.17, 15) is 18.0 Å². The highest BCUT2D eigenvalue weighted by Gasteiger charge is 2.30. The molecule has 0 saturated carbocycles. The van der Waals surface area contributed by atoms with Crippen LogP contribution < -0.4 is 10.6 Å². The van der Waals surface area contributed by atoms with Crippen molar-refractivity contribution in [1.82, 2.24) is 10.3 Å². The first kappa shape index (κ1) is 18.2. The Hall–Kier alpha value is -2.57. The summed E-state index contributed by atoms with van der Waals surface area (Å²) in [5.74, 6) is 0.273. The topological polar surface area (TPSA) is 54.0 Å². The minimum Gasteiger partial charge on any atom is -0.370 e. The minimum atomic E-state index is -4.38. The molecule has 4 nitrogen and oxygen atoms in total. The lowest BCUT2D eigenvalue weighted by Gasteiger charge is -2.09. The standard InChI is InChI=1S/C19H20F3N3O/c20-19(21,22)16-7-8-17(25-12-16)23-9-2-10-24-18(26)15-6-5-13-3-1-4-14(13)11-15/h5-8,11-12H,1-4,9-10H2,(H,23,25)(H,24,26). The number of pyridine rings is 1. The highest BCUT2D eigenvalue weighted by atomic mass is 19.4. The van der Waals surface area contributed by atoms with Crippen LogP contribution in [0.25, 0.3) is 0 Å². The number of benzene rings is 1. The Morgan fingerprint density at radius 1 is 1.08 bits per heavy atom. The monoisotopic (exact) mass is 363 g/mol. The first-order valence-corrected chi connectivity index (χ1v) is 8.60. The van der Waals surface area contributed by atoms with Gasteiger partial charge in [-0.15, -0.1) is 0 Å². The van der Waals surface area contributed by atoms with Crippen LogP contribution in [0.5, 0.6) is 0 Å². The lowest BCUT2D eigenvalue weighted by atomic mass is 10.1. The summed E-state index contributed by atoms with van der Waals surface area (Å²) < 4.78 is 37.4. The van der Waals surface area contributed by atoms with Crippen molar-refractivity contribution in [2.75, 3.05) is 18.4 Å². The number of carbonyl (C=O) groups is 1. The molecule has 0 bridgehead atoms. The van der Waals surface area contributed by atoms with Gasteiger partial charge in [0.15, 0.2) is 0 Å². The largest absolute Gasteiger partial charge is 0.417 e. The number of hydrogen-bond donors (Lipinski definition) is 2. The van der Waals surface area contributed by atoms with Gasteiger partial charge in [0.05, 0.1) is 5.56 Å². The summed E-state index contributed by atoms with van der Waals surface area (Å²) in [5.41, 5.74) is 2.48. The summed E-state index contributed by atoms with van der Waals surface area (Å²) in [6, 6.07) is 8.12. The second-order valence-corrected chi connectivity index (χ2v) is 6.30. The van der Waals surface area contributed by atoms with E-state index in [1.807, 2.05) is 18.2 Å². The summed E-state index contributed by atoms with van der Waals surface area (Å²) >= 11 is 0. The molecule has 0 radical (unpaired) electrons. The molecule has 0 saturated heterocycles. The SMILES string of the molecule is O=C(NCCCNc1ccc(C(F)(F)F)cn1)c1ccc2c(c1)CCC2. The van der Waals surface area contributed by atoms with E-state index in [4.69, 9.17) is 0 Å². The molecule has 26 heavy (non-hydrogen) atoms. The van der Waals surface area contributed by atoms with Crippen molar-refractivity contribution in [3.8, 4) is 0 Å². The molecular weight excluding hydrogens is 343 g/mol. The number of carbonyl (C=O) groups excluding carboxylic acids is 1. The van der Waals surface area contributed by atoms with Gasteiger partial charge in [0.25, 0.3) is 5.91 Å². The summed E-state index contributed by atoms with van der Waals surface area (Å²) in [6.45, 7) is 0.979. The molecule has 3 rings (SSSR count). The molecule has 1 aromatic carbocycles. The molecule has 7 heteroatoms. The van der Waals surface area contributed by atoms with Crippen LogP contribution in [0.4, 0.5) is 19.0 Å². The number of alkyl halides is 3. The highest BCUT2D eigenvalue weighted by Crippen LogP contribution is 2.28. The first-order valence-electron chi connectivity index (χ1n) is 8.60. The predicted molar refractivity (Wildman–Crippen MR) is 93.1 cm³/mol. The predicted octanol–water partition coefficient (Wildman–Crippen LogP) is 3.82. The van der Waals surface area contributed by atoms with Crippen LogP contribution in [0.15, 0.2) is 36.5 Å². The van der Waals surface area contributed by atoms with Crippen molar-refractivity contribution < 1.29 is 18.0 Å². The van der Waals surface area contributed by atoms with Crippen molar-refractivity contribution in [3.63, 3.8) is 0 Å². The molecule has 0 fully saturated rings. The van der Waals surface area contributed by atoms with Crippen molar-refractivity contribution in [2.24, 2.45) is 0 Å². The van der Waals surface area contributed by atoms with Gasteiger partial charge in [-0.05, 0) is 61.1 Å². The third-order valence-electron chi connectivity index (χ3n) is 4.40. The average Bonchev–Trinajstić information content (AvgIpc) is 3.08. The van der Waals surface area contributed by atoms with E-state index >= 15 is 0 Å². The smallest absolute Gasteiger partial charge is 0.370 e. The number of hydrogen-bond acceptors (Lipinski definition) is 3. The van der Waals surface area contributed by atoms with E-state index in [0.717, 1.165) is 31.5 Å². The van der Waals surface area contributed by atoms with Gasteiger partial charge in [-0.25, -0.2) is 4.98 Å². The number of halogens is 3. The normalized spacial score (nSPS) is 13.3. The molecule has 0 aliphatic heterocycles. The quantitative estimate of drug-likeness (QED) is 0.767. The first-order chi connectivity index (χ1) is 12.4. The van der Waals surface area contributed by atoms with E-state index < -0.39 is 11.7 Å². The minimum absolute atomic E-state index is 0.104. The second kappa shape index (κ2) is 7.76. The third-order valence-corrected chi connectivity index (χ3v) is 4.40. The van der Waals surface area contributed by atoms with Crippen molar-refractivity contribution in [2.45, 2.75) is 31.9 Å². The molecule has 1 aromatic heterocycles. The number of rotatable bonds is 6. The van der Waals surface area contributed by atoms with Gasteiger partial charge >= 0.3 is 6.18 Å². The van der Waals surface area contributed by atoms with Crippen LogP contribution in [-0.2, 0) is 19.0 Å². The molecule has 1 heterocycles. The van der Waals surface area contributed by atoms with Crippen molar-refractivity contribution in [1.29, 1.82) is 0 Å². The van der Waals surface area contributed by atoms with Crippen molar-refractivity contribution in [3.05, 3.63) is 58.8 Å². The maximum atomic E-state index is 12.5. The molecular formula is C19H20F3N3O. The van der Waals surface area contributed by atoms with Crippen LogP contribution >= 0.6 is 0 Å². The molecule has 0 unspecified atom stereocenters. The van der Waals surface area contributed by atoms with Gasteiger partial charge < -0.3 is 10.6 Å². The van der Waals surface area contributed by atoms with Gasteiger partial charge in [0.1, 0.15) is 5.82 Å². The number of aryl methyl sites for hydroxylation is 2. The summed E-state index contributed by atoms with van der Waals surface area (Å²) in [4.78, 5) is 15.9. The zero-order chi connectivity index (χ0) is 18.6. The van der Waals surface area contributed by atoms with Gasteiger partial charge in [-0.2, -0.15) is 13.2 Å². The Morgan fingerprint density at radius 3 is 2.62 bits per heavy atom. The third kappa shape index (κ3) is 4.53. The Labute approximate surface area is 149 Å². The number of nitrogens with one attached hydrogen (secondary N) is 2. The number of nitrogens with zero attached hydrogens (tertiary/aromatic N) is 1. The molecule has 1 aliphatic rings. The van der Waals surface area contributed by atoms with Crippen molar-refractivity contribution >= 4 is 11.7 Å². The Kier molecular flexibility index (Phi) is 5.44. The zero-order valence-corrected chi connectivity index (χ0v) is 14.2.